The summed E-state index contributed by atoms with van der Waals surface area (Å²) in [5.41, 5.74) is 2.37. The molecule has 0 aliphatic heterocycles. The zero-order valence-electron chi connectivity index (χ0n) is 12.4. The number of sulfone groups is 1. The van der Waals surface area contributed by atoms with Crippen molar-refractivity contribution in [1.29, 1.82) is 0 Å². The molecule has 4 nitrogen and oxygen atoms in total. The van der Waals surface area contributed by atoms with Crippen LogP contribution >= 0.6 is 0 Å². The molecular formula is C17H18N2O2S. The molecule has 1 heterocycles. The molecule has 0 saturated heterocycles. The smallest absolute Gasteiger partial charge is 0.229 e. The van der Waals surface area contributed by atoms with Crippen molar-refractivity contribution in [2.75, 3.05) is 0 Å². The highest BCUT2D eigenvalue weighted by Gasteiger charge is 2.23. The summed E-state index contributed by atoms with van der Waals surface area (Å²) in [5, 5.41) is 0.166. The lowest BCUT2D eigenvalue weighted by Gasteiger charge is -2.08. The molecule has 3 aromatic rings. The standard InChI is InChI=1S/C17H18N2O2S/c1-2-12-19-16-11-7-6-10-15(16)18-17(19)22(20,21)13-14-8-4-3-5-9-14/h3-11H,2,12-13H2,1H3. The Kier molecular flexibility index (Phi) is 3.98. The van der Waals surface area contributed by atoms with Gasteiger partial charge in [-0.05, 0) is 24.1 Å². The second kappa shape index (κ2) is 5.93. The number of para-hydroxylation sites is 2. The summed E-state index contributed by atoms with van der Waals surface area (Å²) in [6, 6.07) is 16.8. The largest absolute Gasteiger partial charge is 0.315 e. The van der Waals surface area contributed by atoms with Gasteiger partial charge in [-0.1, -0.05) is 49.4 Å². The number of hydrogen-bond donors (Lipinski definition) is 0. The van der Waals surface area contributed by atoms with Crippen molar-refractivity contribution in [1.82, 2.24) is 9.55 Å². The average Bonchev–Trinajstić information content (AvgIpc) is 2.88. The molecule has 1 aromatic heterocycles. The predicted octanol–water partition coefficient (Wildman–Crippen LogP) is 3.42. The molecule has 114 valence electrons. The van der Waals surface area contributed by atoms with Crippen molar-refractivity contribution in [2.45, 2.75) is 30.8 Å². The van der Waals surface area contributed by atoms with Crippen LogP contribution in [-0.2, 0) is 22.1 Å². The molecule has 0 N–H and O–H groups in total. The molecule has 0 fully saturated rings. The van der Waals surface area contributed by atoms with Gasteiger partial charge in [-0.25, -0.2) is 13.4 Å². The topological polar surface area (TPSA) is 52.0 Å². The van der Waals surface area contributed by atoms with Crippen LogP contribution < -0.4 is 0 Å². The molecule has 0 amide bonds. The number of benzene rings is 2. The van der Waals surface area contributed by atoms with E-state index in [1.165, 1.54) is 0 Å². The van der Waals surface area contributed by atoms with Gasteiger partial charge in [0, 0.05) is 6.54 Å². The monoisotopic (exact) mass is 314 g/mol. The summed E-state index contributed by atoms with van der Waals surface area (Å²) >= 11 is 0. The van der Waals surface area contributed by atoms with Crippen LogP contribution in [0.1, 0.15) is 18.9 Å². The van der Waals surface area contributed by atoms with Crippen molar-refractivity contribution in [3.8, 4) is 0 Å². The van der Waals surface area contributed by atoms with Crippen molar-refractivity contribution in [3.63, 3.8) is 0 Å². The van der Waals surface area contributed by atoms with E-state index in [1.807, 2.05) is 66.1 Å². The normalized spacial score (nSPS) is 11.9. The first kappa shape index (κ1) is 14.8. The molecule has 0 atom stereocenters. The lowest BCUT2D eigenvalue weighted by atomic mass is 10.2. The molecule has 22 heavy (non-hydrogen) atoms. The van der Waals surface area contributed by atoms with E-state index >= 15 is 0 Å². The number of nitrogens with zero attached hydrogens (tertiary/aromatic N) is 2. The van der Waals surface area contributed by atoms with E-state index in [1.54, 1.807) is 0 Å². The van der Waals surface area contributed by atoms with Crippen LogP contribution in [0.2, 0.25) is 0 Å². The van der Waals surface area contributed by atoms with Crippen LogP contribution in [0.25, 0.3) is 11.0 Å². The molecule has 2 aromatic carbocycles. The van der Waals surface area contributed by atoms with Gasteiger partial charge in [0.15, 0.2) is 0 Å². The van der Waals surface area contributed by atoms with Crippen LogP contribution in [0.15, 0.2) is 59.8 Å². The minimum atomic E-state index is -3.48. The summed E-state index contributed by atoms with van der Waals surface area (Å²) in [6.45, 7) is 2.67. The van der Waals surface area contributed by atoms with Crippen LogP contribution in [-0.4, -0.2) is 18.0 Å². The highest BCUT2D eigenvalue weighted by molar-refractivity contribution is 7.90. The molecule has 0 saturated carbocycles. The molecule has 5 heteroatoms. The first-order valence-corrected chi connectivity index (χ1v) is 8.99. The Bertz CT molecular complexity index is 883. The first-order valence-electron chi connectivity index (χ1n) is 7.34. The number of aryl methyl sites for hydroxylation is 1. The van der Waals surface area contributed by atoms with Gasteiger partial charge in [0.1, 0.15) is 0 Å². The number of fused-ring (bicyclic) bond motifs is 1. The van der Waals surface area contributed by atoms with Crippen molar-refractivity contribution in [2.24, 2.45) is 0 Å². The Balaban J connectivity index is 2.10. The van der Waals surface area contributed by atoms with Crippen molar-refractivity contribution < 1.29 is 8.42 Å². The van der Waals surface area contributed by atoms with Crippen LogP contribution in [0.3, 0.4) is 0 Å². The van der Waals surface area contributed by atoms with Gasteiger partial charge in [0.2, 0.25) is 15.0 Å². The molecule has 0 radical (unpaired) electrons. The van der Waals surface area contributed by atoms with Gasteiger partial charge >= 0.3 is 0 Å². The molecule has 3 rings (SSSR count). The van der Waals surface area contributed by atoms with E-state index in [4.69, 9.17) is 0 Å². The fourth-order valence-electron chi connectivity index (χ4n) is 2.59. The lowest BCUT2D eigenvalue weighted by molar-refractivity contribution is 0.562. The summed E-state index contributed by atoms with van der Waals surface area (Å²) in [5.74, 6) is -0.0269. The van der Waals surface area contributed by atoms with Crippen LogP contribution in [0.5, 0.6) is 0 Å². The molecule has 0 unspecified atom stereocenters. The van der Waals surface area contributed by atoms with Gasteiger partial charge in [0.05, 0.1) is 16.8 Å². The summed E-state index contributed by atoms with van der Waals surface area (Å²) in [4.78, 5) is 4.37. The Labute approximate surface area is 130 Å². The minimum Gasteiger partial charge on any atom is -0.315 e. The lowest BCUT2D eigenvalue weighted by Crippen LogP contribution is -2.13. The Morgan fingerprint density at radius 2 is 1.68 bits per heavy atom. The van der Waals surface area contributed by atoms with Gasteiger partial charge in [-0.3, -0.25) is 0 Å². The first-order chi connectivity index (χ1) is 10.6. The number of rotatable bonds is 5. The molecule has 0 aliphatic rings. The maximum Gasteiger partial charge on any atom is 0.229 e. The van der Waals surface area contributed by atoms with Gasteiger partial charge < -0.3 is 4.57 Å². The molecule has 0 bridgehead atoms. The van der Waals surface area contributed by atoms with E-state index in [0.717, 1.165) is 23.0 Å². The number of hydrogen-bond acceptors (Lipinski definition) is 3. The average molecular weight is 314 g/mol. The third-order valence-electron chi connectivity index (χ3n) is 3.54. The minimum absolute atomic E-state index is 0.0269. The van der Waals surface area contributed by atoms with E-state index in [2.05, 4.69) is 4.98 Å². The van der Waals surface area contributed by atoms with E-state index in [0.29, 0.717) is 6.54 Å². The SMILES string of the molecule is CCCn1c(S(=O)(=O)Cc2ccccc2)nc2ccccc21. The Morgan fingerprint density at radius 1 is 1.00 bits per heavy atom. The zero-order valence-corrected chi connectivity index (χ0v) is 13.3. The van der Waals surface area contributed by atoms with E-state index in [-0.39, 0.29) is 10.9 Å². The van der Waals surface area contributed by atoms with E-state index < -0.39 is 9.84 Å². The highest BCUT2D eigenvalue weighted by Crippen LogP contribution is 2.22. The summed E-state index contributed by atoms with van der Waals surface area (Å²) in [7, 11) is -3.48. The summed E-state index contributed by atoms with van der Waals surface area (Å²) < 4.78 is 27.4. The fraction of sp³-hybridized carbons (Fsp3) is 0.235. The number of aromatic nitrogens is 2. The fourth-order valence-corrected chi connectivity index (χ4v) is 4.11. The molecular weight excluding hydrogens is 296 g/mol. The third kappa shape index (κ3) is 2.76. The second-order valence-corrected chi connectivity index (χ2v) is 7.16. The number of imidazole rings is 1. The molecule has 0 spiro atoms. The zero-order chi connectivity index (χ0) is 15.6. The third-order valence-corrected chi connectivity index (χ3v) is 5.13. The molecule has 0 aliphatic carbocycles. The van der Waals surface area contributed by atoms with Gasteiger partial charge in [-0.15, -0.1) is 0 Å². The second-order valence-electron chi connectivity index (χ2n) is 5.28. The van der Waals surface area contributed by atoms with Crippen LogP contribution in [0.4, 0.5) is 0 Å². The van der Waals surface area contributed by atoms with Gasteiger partial charge in [-0.2, -0.15) is 0 Å². The van der Waals surface area contributed by atoms with Crippen LogP contribution in [0, 0.1) is 0 Å². The summed E-state index contributed by atoms with van der Waals surface area (Å²) in [6.07, 6.45) is 0.855. The maximum atomic E-state index is 12.8. The Morgan fingerprint density at radius 3 is 2.41 bits per heavy atom. The van der Waals surface area contributed by atoms with Crippen molar-refractivity contribution >= 4 is 20.9 Å². The van der Waals surface area contributed by atoms with Gasteiger partial charge in [0.25, 0.3) is 0 Å². The maximum absolute atomic E-state index is 12.8. The Hall–Kier alpha value is -2.14. The quantitative estimate of drug-likeness (QED) is 0.725. The predicted molar refractivity (Wildman–Crippen MR) is 87.4 cm³/mol. The highest BCUT2D eigenvalue weighted by atomic mass is 32.2. The van der Waals surface area contributed by atoms with Crippen molar-refractivity contribution in [3.05, 3.63) is 60.2 Å². The van der Waals surface area contributed by atoms with E-state index in [9.17, 15) is 8.42 Å².